The first-order valence-corrected chi connectivity index (χ1v) is 10.0. The topological polar surface area (TPSA) is 76.1 Å². The van der Waals surface area contributed by atoms with Crippen molar-refractivity contribution in [3.8, 4) is 0 Å². The molecule has 2 aromatic rings. The van der Waals surface area contributed by atoms with E-state index < -0.39 is 36.2 Å². The number of rotatable bonds is 7. The van der Waals surface area contributed by atoms with Crippen LogP contribution in [0.1, 0.15) is 18.1 Å². The molecule has 1 atom stereocenters. The van der Waals surface area contributed by atoms with Crippen LogP contribution in [0.3, 0.4) is 0 Å². The molecule has 168 valence electrons. The summed E-state index contributed by atoms with van der Waals surface area (Å²) in [5.74, 6) is -5.49. The van der Waals surface area contributed by atoms with Crippen LogP contribution in [-0.2, 0) is 26.8 Å². The van der Waals surface area contributed by atoms with Gasteiger partial charge in [0.15, 0.2) is 0 Å². The summed E-state index contributed by atoms with van der Waals surface area (Å²) in [4.78, 5) is 25.8. The minimum absolute atomic E-state index is 0.0452. The molecule has 32 heavy (non-hydrogen) atoms. The van der Waals surface area contributed by atoms with Gasteiger partial charge in [0, 0.05) is 17.7 Å². The highest BCUT2D eigenvalue weighted by molar-refractivity contribution is 5.91. The van der Waals surface area contributed by atoms with Crippen molar-refractivity contribution in [2.75, 3.05) is 13.2 Å². The average Bonchev–Trinajstić information content (AvgIpc) is 2.83. The molecule has 0 saturated carbocycles. The minimum atomic E-state index is -3.60. The van der Waals surface area contributed by atoms with Gasteiger partial charge in [0.2, 0.25) is 0 Å². The fraction of sp³-hybridized carbons (Fsp3) is 0.250. The van der Waals surface area contributed by atoms with Gasteiger partial charge in [0.05, 0.1) is 24.5 Å². The molecule has 1 heterocycles. The van der Waals surface area contributed by atoms with Crippen LogP contribution in [0, 0.1) is 5.92 Å². The predicted octanol–water partition coefficient (Wildman–Crippen LogP) is 4.37. The number of hydrogen-bond acceptors (Lipinski definition) is 5. The molecular formula is C24H23F2NO5. The van der Waals surface area contributed by atoms with Crippen LogP contribution in [0.2, 0.25) is 0 Å². The number of aliphatic hydroxyl groups excluding tert-OH is 1. The monoisotopic (exact) mass is 443 g/mol. The van der Waals surface area contributed by atoms with Crippen LogP contribution >= 0.6 is 0 Å². The lowest BCUT2D eigenvalue weighted by molar-refractivity contribution is -0.139. The van der Waals surface area contributed by atoms with Gasteiger partial charge in [0.1, 0.15) is 6.61 Å². The van der Waals surface area contributed by atoms with Crippen molar-refractivity contribution < 1.29 is 33.0 Å². The van der Waals surface area contributed by atoms with E-state index in [-0.39, 0.29) is 24.4 Å². The van der Waals surface area contributed by atoms with Crippen LogP contribution in [-0.4, -0.2) is 35.3 Å². The summed E-state index contributed by atoms with van der Waals surface area (Å²) in [6.45, 7) is 0.869. The first-order chi connectivity index (χ1) is 15.4. The van der Waals surface area contributed by atoms with Gasteiger partial charge in [-0.05, 0) is 18.6 Å². The zero-order valence-corrected chi connectivity index (χ0v) is 17.4. The SMILES string of the molecule is CCOC(=O)C1=CN(C(=O)OCc2ccccc2)C(C(F)(F)c2ccccc2)=C[C@@H]1CO. The van der Waals surface area contributed by atoms with Crippen molar-refractivity contribution in [1.82, 2.24) is 4.90 Å². The summed E-state index contributed by atoms with van der Waals surface area (Å²) < 4.78 is 41.1. The second-order valence-corrected chi connectivity index (χ2v) is 7.00. The molecule has 0 aliphatic carbocycles. The summed E-state index contributed by atoms with van der Waals surface area (Å²) in [5.41, 5.74) is -0.523. The number of halogens is 2. The van der Waals surface area contributed by atoms with Crippen LogP contribution in [0.5, 0.6) is 0 Å². The molecule has 8 heteroatoms. The third-order valence-corrected chi connectivity index (χ3v) is 4.85. The number of aliphatic hydroxyl groups is 1. The maximum atomic E-state index is 15.5. The van der Waals surface area contributed by atoms with Crippen molar-refractivity contribution in [1.29, 1.82) is 0 Å². The molecular weight excluding hydrogens is 420 g/mol. The van der Waals surface area contributed by atoms with E-state index in [1.807, 2.05) is 0 Å². The van der Waals surface area contributed by atoms with Crippen LogP contribution in [0.15, 0.2) is 84.2 Å². The lowest BCUT2D eigenvalue weighted by Crippen LogP contribution is -2.39. The Morgan fingerprint density at radius 3 is 2.25 bits per heavy atom. The highest BCUT2D eigenvalue weighted by Crippen LogP contribution is 2.41. The summed E-state index contributed by atoms with van der Waals surface area (Å²) in [5, 5.41) is 9.74. The first kappa shape index (κ1) is 23.1. The quantitative estimate of drug-likeness (QED) is 0.643. The highest BCUT2D eigenvalue weighted by atomic mass is 19.3. The number of alkyl halides is 2. The molecule has 0 fully saturated rings. The highest BCUT2D eigenvalue weighted by Gasteiger charge is 2.45. The minimum Gasteiger partial charge on any atom is -0.463 e. The fourth-order valence-electron chi connectivity index (χ4n) is 3.23. The van der Waals surface area contributed by atoms with E-state index in [9.17, 15) is 14.7 Å². The summed E-state index contributed by atoms with van der Waals surface area (Å²) in [6.07, 6.45) is 0.871. The van der Waals surface area contributed by atoms with Crippen molar-refractivity contribution in [3.63, 3.8) is 0 Å². The third-order valence-electron chi connectivity index (χ3n) is 4.85. The maximum Gasteiger partial charge on any atom is 0.418 e. The Morgan fingerprint density at radius 1 is 1.03 bits per heavy atom. The number of amides is 1. The largest absolute Gasteiger partial charge is 0.463 e. The fourth-order valence-corrected chi connectivity index (χ4v) is 3.23. The number of esters is 1. The molecule has 0 saturated heterocycles. The van der Waals surface area contributed by atoms with Crippen LogP contribution in [0.4, 0.5) is 13.6 Å². The lowest BCUT2D eigenvalue weighted by atomic mass is 9.92. The van der Waals surface area contributed by atoms with Gasteiger partial charge in [-0.15, -0.1) is 0 Å². The van der Waals surface area contributed by atoms with Crippen molar-refractivity contribution in [2.45, 2.75) is 19.5 Å². The Kier molecular flexibility index (Phi) is 7.37. The van der Waals surface area contributed by atoms with Crippen molar-refractivity contribution in [2.24, 2.45) is 5.92 Å². The number of benzene rings is 2. The van der Waals surface area contributed by atoms with Gasteiger partial charge < -0.3 is 14.6 Å². The van der Waals surface area contributed by atoms with Gasteiger partial charge in [0.25, 0.3) is 0 Å². The number of allylic oxidation sites excluding steroid dienone is 1. The van der Waals surface area contributed by atoms with Gasteiger partial charge in [-0.1, -0.05) is 60.7 Å². The molecule has 1 aliphatic heterocycles. The van der Waals surface area contributed by atoms with Crippen molar-refractivity contribution in [3.05, 3.63) is 95.3 Å². The van der Waals surface area contributed by atoms with E-state index in [4.69, 9.17) is 9.47 Å². The Labute approximate surface area is 184 Å². The van der Waals surface area contributed by atoms with E-state index >= 15 is 8.78 Å². The second kappa shape index (κ2) is 10.2. The molecule has 0 spiro atoms. The smallest absolute Gasteiger partial charge is 0.418 e. The molecule has 1 amide bonds. The lowest BCUT2D eigenvalue weighted by Gasteiger charge is -2.33. The van der Waals surface area contributed by atoms with E-state index in [0.717, 1.165) is 12.3 Å². The Hall–Kier alpha value is -3.52. The molecule has 0 aromatic heterocycles. The molecule has 0 unspecified atom stereocenters. The number of hydrogen-bond donors (Lipinski definition) is 1. The zero-order chi connectivity index (χ0) is 23.1. The molecule has 1 aliphatic rings. The average molecular weight is 443 g/mol. The number of carbonyl (C=O) groups excluding carboxylic acids is 2. The Morgan fingerprint density at radius 2 is 1.66 bits per heavy atom. The van der Waals surface area contributed by atoms with Crippen LogP contribution < -0.4 is 0 Å². The third kappa shape index (κ3) is 5.03. The molecule has 2 aromatic carbocycles. The van der Waals surface area contributed by atoms with Gasteiger partial charge >= 0.3 is 18.0 Å². The van der Waals surface area contributed by atoms with Gasteiger partial charge in [-0.3, -0.25) is 4.90 Å². The van der Waals surface area contributed by atoms with Gasteiger partial charge in [-0.25, -0.2) is 9.59 Å². The van der Waals surface area contributed by atoms with E-state index in [2.05, 4.69) is 0 Å². The zero-order valence-electron chi connectivity index (χ0n) is 17.4. The number of nitrogens with zero attached hydrogens (tertiary/aromatic N) is 1. The Bertz CT molecular complexity index is 1010. The first-order valence-electron chi connectivity index (χ1n) is 10.0. The molecule has 0 bridgehead atoms. The molecule has 1 N–H and O–H groups in total. The number of carbonyl (C=O) groups is 2. The summed E-state index contributed by atoms with van der Waals surface area (Å²) in [6, 6.07) is 15.7. The molecule has 0 radical (unpaired) electrons. The standard InChI is InChI=1S/C24H23F2NO5/c1-2-31-22(29)20-14-27(23(30)32-16-17-9-5-3-6-10-17)21(13-18(20)15-28)24(25,26)19-11-7-4-8-12-19/h3-14,18,28H,2,15-16H2,1H3/t18-/m1/s1. The van der Waals surface area contributed by atoms with Crippen molar-refractivity contribution >= 4 is 12.1 Å². The summed E-state index contributed by atoms with van der Waals surface area (Å²) >= 11 is 0. The van der Waals surface area contributed by atoms with Crippen LogP contribution in [0.25, 0.3) is 0 Å². The second-order valence-electron chi connectivity index (χ2n) is 7.00. The molecule has 6 nitrogen and oxygen atoms in total. The predicted molar refractivity (Wildman–Crippen MR) is 112 cm³/mol. The maximum absolute atomic E-state index is 15.5. The van der Waals surface area contributed by atoms with Gasteiger partial charge in [-0.2, -0.15) is 8.78 Å². The van der Waals surface area contributed by atoms with E-state index in [0.29, 0.717) is 10.5 Å². The normalized spacial score (nSPS) is 16.1. The Balaban J connectivity index is 1.98. The van der Waals surface area contributed by atoms with E-state index in [1.165, 1.54) is 24.3 Å². The number of ether oxygens (including phenoxy) is 2. The summed E-state index contributed by atoms with van der Waals surface area (Å²) in [7, 11) is 0. The molecule has 3 rings (SSSR count). The van der Waals surface area contributed by atoms with E-state index in [1.54, 1.807) is 43.3 Å².